The van der Waals surface area contributed by atoms with Gasteiger partial charge in [0.2, 0.25) is 6.33 Å². The largest absolute Gasteiger partial charge is 0.379 e. The maximum absolute atomic E-state index is 14.9. The van der Waals surface area contributed by atoms with Crippen LogP contribution in [0.3, 0.4) is 0 Å². The highest BCUT2D eigenvalue weighted by molar-refractivity contribution is 7.15. The number of nitrogens with one attached hydrogen (secondary N) is 1. The van der Waals surface area contributed by atoms with Gasteiger partial charge in [0, 0.05) is 60.0 Å². The Hall–Kier alpha value is -3.08. The van der Waals surface area contributed by atoms with Crippen molar-refractivity contribution < 1.29 is 18.6 Å². The Morgan fingerprint density at radius 3 is 2.79 bits per heavy atom. The molecule has 33 heavy (non-hydrogen) atoms. The fraction of sp³-hybridized carbons (Fsp3) is 0.304. The van der Waals surface area contributed by atoms with Crippen molar-refractivity contribution in [2.24, 2.45) is 0 Å². The number of benzene rings is 1. The van der Waals surface area contributed by atoms with Crippen LogP contribution in [-0.2, 0) is 25.1 Å². The van der Waals surface area contributed by atoms with Gasteiger partial charge in [0.15, 0.2) is 0 Å². The van der Waals surface area contributed by atoms with Crippen molar-refractivity contribution in [1.29, 1.82) is 0 Å². The molecule has 1 aliphatic heterocycles. The molecule has 5 rings (SSSR count). The quantitative estimate of drug-likeness (QED) is 0.425. The molecule has 3 aromatic heterocycles. The van der Waals surface area contributed by atoms with E-state index >= 15 is 0 Å². The molecule has 0 aliphatic carbocycles. The Kier molecular flexibility index (Phi) is 5.73. The molecule has 0 radical (unpaired) electrons. The maximum atomic E-state index is 14.9. The van der Waals surface area contributed by atoms with Crippen molar-refractivity contribution >= 4 is 11.3 Å². The van der Waals surface area contributed by atoms with E-state index < -0.39 is 23.3 Å². The number of nitrogens with zero attached hydrogens (tertiary/aromatic N) is 5. The molecule has 0 fully saturated rings. The Morgan fingerprint density at radius 1 is 1.24 bits per heavy atom. The minimum absolute atomic E-state index is 0.0328. The van der Waals surface area contributed by atoms with Gasteiger partial charge in [-0.25, -0.2) is 13.8 Å². The van der Waals surface area contributed by atoms with Gasteiger partial charge in [-0.1, -0.05) is 6.07 Å². The monoisotopic (exact) mass is 469 g/mol. The lowest BCUT2D eigenvalue weighted by Crippen LogP contribution is -2.58. The normalized spacial score (nSPS) is 16.8. The van der Waals surface area contributed by atoms with Gasteiger partial charge in [0.1, 0.15) is 28.8 Å². The standard InChI is InChI=1S/C23H22F2N6OS/c1-15(23(32,12-31-14-27-13-28-31)18-3-2-17(24)10-19(18)25)30-9-6-20-21(11-30)33-22(29-20)16-4-7-26-8-5-16/h2-5,7-8,10,13-15,32H,6,9,11-12H2,1H3/p+1/t15-,23-/m1/s1. The summed E-state index contributed by atoms with van der Waals surface area (Å²) in [5, 5.41) is 15.7. The number of fused-ring (bicyclic) bond motifs is 1. The van der Waals surface area contributed by atoms with Crippen LogP contribution in [0.25, 0.3) is 10.6 Å². The SMILES string of the molecule is C[C@@H](N1CCc2nc(-c3ccncc3)sc2C1)[C@](O)(C[n+]1cnc[nH]1)c1ccc(F)cc1F. The van der Waals surface area contributed by atoms with E-state index in [1.807, 2.05) is 19.1 Å². The Labute approximate surface area is 193 Å². The topological polar surface area (TPSA) is 81.8 Å². The van der Waals surface area contributed by atoms with E-state index in [-0.39, 0.29) is 12.1 Å². The summed E-state index contributed by atoms with van der Waals surface area (Å²) in [4.78, 5) is 16.1. The van der Waals surface area contributed by atoms with E-state index in [4.69, 9.17) is 4.98 Å². The zero-order valence-corrected chi connectivity index (χ0v) is 18.8. The van der Waals surface area contributed by atoms with Crippen molar-refractivity contribution in [2.45, 2.75) is 38.1 Å². The molecule has 1 aromatic carbocycles. The molecule has 0 unspecified atom stereocenters. The van der Waals surface area contributed by atoms with E-state index in [2.05, 4.69) is 20.0 Å². The number of aliphatic hydroxyl groups is 1. The molecule has 7 nitrogen and oxygen atoms in total. The predicted octanol–water partition coefficient (Wildman–Crippen LogP) is 2.83. The van der Waals surface area contributed by atoms with Crippen LogP contribution in [0.15, 0.2) is 55.4 Å². The van der Waals surface area contributed by atoms with Gasteiger partial charge in [-0.3, -0.25) is 9.88 Å². The minimum atomic E-state index is -1.63. The number of halogens is 2. The van der Waals surface area contributed by atoms with Crippen LogP contribution >= 0.6 is 11.3 Å². The van der Waals surface area contributed by atoms with Gasteiger partial charge in [-0.05, 0) is 30.1 Å². The second kappa shape index (κ2) is 8.69. The molecular formula is C23H23F2N6OS+. The number of rotatable bonds is 6. The lowest BCUT2D eigenvalue weighted by atomic mass is 9.85. The zero-order chi connectivity index (χ0) is 23.0. The van der Waals surface area contributed by atoms with E-state index in [0.717, 1.165) is 33.6 Å². The van der Waals surface area contributed by atoms with Gasteiger partial charge >= 0.3 is 6.33 Å². The molecule has 4 aromatic rings. The van der Waals surface area contributed by atoms with Crippen LogP contribution in [-0.4, -0.2) is 42.6 Å². The maximum Gasteiger partial charge on any atom is 0.306 e. The van der Waals surface area contributed by atoms with Gasteiger partial charge in [0.25, 0.3) is 0 Å². The van der Waals surface area contributed by atoms with Crippen LogP contribution in [0.5, 0.6) is 0 Å². The van der Waals surface area contributed by atoms with Crippen molar-refractivity contribution in [3.05, 3.63) is 83.1 Å². The first-order valence-electron chi connectivity index (χ1n) is 10.6. The third-order valence-corrected chi connectivity index (χ3v) is 7.37. The molecule has 0 amide bonds. The molecule has 0 saturated carbocycles. The van der Waals surface area contributed by atoms with Crippen LogP contribution in [0.1, 0.15) is 23.1 Å². The average Bonchev–Trinajstić information content (AvgIpc) is 3.48. The number of aromatic amines is 1. The Bertz CT molecular complexity index is 1250. The summed E-state index contributed by atoms with van der Waals surface area (Å²) in [6.45, 7) is 3.14. The van der Waals surface area contributed by atoms with Gasteiger partial charge in [-0.15, -0.1) is 11.3 Å². The van der Waals surface area contributed by atoms with Crippen LogP contribution in [0.4, 0.5) is 8.78 Å². The Balaban J connectivity index is 1.46. The third kappa shape index (κ3) is 4.17. The summed E-state index contributed by atoms with van der Waals surface area (Å²) in [7, 11) is 0. The number of pyridine rings is 1. The number of thiazole rings is 1. The number of hydrogen-bond donors (Lipinski definition) is 2. The van der Waals surface area contributed by atoms with Gasteiger partial charge < -0.3 is 5.11 Å². The molecule has 1 aliphatic rings. The second-order valence-electron chi connectivity index (χ2n) is 8.22. The van der Waals surface area contributed by atoms with Crippen molar-refractivity contribution in [1.82, 2.24) is 25.0 Å². The first-order chi connectivity index (χ1) is 15.9. The van der Waals surface area contributed by atoms with Crippen molar-refractivity contribution in [3.8, 4) is 10.6 Å². The number of aromatic nitrogens is 5. The number of hydrogen-bond acceptors (Lipinski definition) is 6. The van der Waals surface area contributed by atoms with E-state index in [0.29, 0.717) is 13.1 Å². The highest BCUT2D eigenvalue weighted by atomic mass is 32.1. The summed E-state index contributed by atoms with van der Waals surface area (Å²) >= 11 is 1.62. The van der Waals surface area contributed by atoms with Gasteiger partial charge in [0.05, 0.1) is 5.69 Å². The van der Waals surface area contributed by atoms with Gasteiger partial charge in [-0.2, -0.15) is 9.78 Å². The number of H-pyrrole nitrogens is 1. The first kappa shape index (κ1) is 21.7. The summed E-state index contributed by atoms with van der Waals surface area (Å²) in [5.41, 5.74) is 0.482. The molecule has 10 heteroatoms. The summed E-state index contributed by atoms with van der Waals surface area (Å²) in [6, 6.07) is 6.69. The molecule has 2 atom stereocenters. The molecule has 0 bridgehead atoms. The third-order valence-electron chi connectivity index (χ3n) is 6.24. The average molecular weight is 470 g/mol. The highest BCUT2D eigenvalue weighted by Crippen LogP contribution is 2.36. The van der Waals surface area contributed by atoms with Crippen molar-refractivity contribution in [2.75, 3.05) is 6.54 Å². The Morgan fingerprint density at radius 2 is 2.06 bits per heavy atom. The highest BCUT2D eigenvalue weighted by Gasteiger charge is 2.44. The fourth-order valence-corrected chi connectivity index (χ4v) is 5.49. The van der Waals surface area contributed by atoms with E-state index in [1.165, 1.54) is 24.8 Å². The predicted molar refractivity (Wildman–Crippen MR) is 118 cm³/mol. The summed E-state index contributed by atoms with van der Waals surface area (Å²) in [5.74, 6) is -1.46. The fourth-order valence-electron chi connectivity index (χ4n) is 4.35. The van der Waals surface area contributed by atoms with Crippen molar-refractivity contribution in [3.63, 3.8) is 0 Å². The van der Waals surface area contributed by atoms with E-state index in [1.54, 1.807) is 28.4 Å². The summed E-state index contributed by atoms with van der Waals surface area (Å²) < 4.78 is 30.1. The van der Waals surface area contributed by atoms with E-state index in [9.17, 15) is 13.9 Å². The molecule has 2 N–H and O–H groups in total. The molecular weight excluding hydrogens is 446 g/mol. The minimum Gasteiger partial charge on any atom is -0.379 e. The van der Waals surface area contributed by atoms with Crippen LogP contribution in [0.2, 0.25) is 0 Å². The van der Waals surface area contributed by atoms with Crippen LogP contribution < -0.4 is 4.68 Å². The zero-order valence-electron chi connectivity index (χ0n) is 17.9. The second-order valence-corrected chi connectivity index (χ2v) is 9.30. The van der Waals surface area contributed by atoms with Crippen LogP contribution in [0, 0.1) is 11.6 Å². The molecule has 0 spiro atoms. The smallest absolute Gasteiger partial charge is 0.306 e. The molecule has 170 valence electrons. The lowest BCUT2D eigenvalue weighted by molar-refractivity contribution is -0.765. The molecule has 4 heterocycles. The first-order valence-corrected chi connectivity index (χ1v) is 11.4. The molecule has 0 saturated heterocycles. The summed E-state index contributed by atoms with van der Waals surface area (Å²) in [6.07, 6.45) is 7.22. The lowest BCUT2D eigenvalue weighted by Gasteiger charge is -2.41.